The van der Waals surface area contributed by atoms with Gasteiger partial charge in [-0.15, -0.1) is 0 Å². The number of carbonyl (C=O) groups is 2. The molecule has 0 unspecified atom stereocenters. The van der Waals surface area contributed by atoms with Crippen molar-refractivity contribution < 1.29 is 14.7 Å². The van der Waals surface area contributed by atoms with Crippen LogP contribution in [0.25, 0.3) is 0 Å². The maximum atomic E-state index is 12.4. The van der Waals surface area contributed by atoms with Crippen LogP contribution >= 0.6 is 11.6 Å². The van der Waals surface area contributed by atoms with E-state index in [0.717, 1.165) is 38.8 Å². The quantitative estimate of drug-likeness (QED) is 0.916. The molecule has 0 bridgehead atoms. The van der Waals surface area contributed by atoms with Gasteiger partial charge in [-0.2, -0.15) is 0 Å². The van der Waals surface area contributed by atoms with E-state index in [9.17, 15) is 9.59 Å². The van der Waals surface area contributed by atoms with E-state index in [1.54, 1.807) is 0 Å². The summed E-state index contributed by atoms with van der Waals surface area (Å²) in [6, 6.07) is 1.42. The summed E-state index contributed by atoms with van der Waals surface area (Å²) < 4.78 is 0. The monoisotopic (exact) mass is 337 g/mol. The zero-order chi connectivity index (χ0) is 16.4. The van der Waals surface area contributed by atoms with Crippen LogP contribution in [0.3, 0.4) is 0 Å². The SMILES string of the molecule is O=C(O)c1cnc(N2CCCN(C(=O)C3CCC3)CC2)c(Cl)c1. The van der Waals surface area contributed by atoms with E-state index in [0.29, 0.717) is 23.9 Å². The zero-order valence-corrected chi connectivity index (χ0v) is 13.6. The highest BCUT2D eigenvalue weighted by molar-refractivity contribution is 6.33. The van der Waals surface area contributed by atoms with Gasteiger partial charge in [0.15, 0.2) is 0 Å². The minimum absolute atomic E-state index is 0.0790. The molecule has 0 spiro atoms. The largest absolute Gasteiger partial charge is 0.478 e. The number of carboxylic acids is 1. The molecule has 1 saturated carbocycles. The van der Waals surface area contributed by atoms with Gasteiger partial charge in [-0.1, -0.05) is 18.0 Å². The van der Waals surface area contributed by atoms with Crippen LogP contribution in [0, 0.1) is 5.92 Å². The van der Waals surface area contributed by atoms with E-state index >= 15 is 0 Å². The number of amides is 1. The molecule has 1 aromatic rings. The van der Waals surface area contributed by atoms with Crippen molar-refractivity contribution in [1.82, 2.24) is 9.88 Å². The molecule has 1 amide bonds. The van der Waals surface area contributed by atoms with Crippen LogP contribution in [0.15, 0.2) is 12.3 Å². The summed E-state index contributed by atoms with van der Waals surface area (Å²) in [7, 11) is 0. The number of carboxylic acid groups (broad SMARTS) is 1. The molecule has 1 aromatic heterocycles. The van der Waals surface area contributed by atoms with Crippen LogP contribution in [-0.2, 0) is 4.79 Å². The van der Waals surface area contributed by atoms with Crippen molar-refractivity contribution in [2.45, 2.75) is 25.7 Å². The lowest BCUT2D eigenvalue weighted by atomic mass is 9.84. The number of hydrogen-bond donors (Lipinski definition) is 1. The van der Waals surface area contributed by atoms with E-state index < -0.39 is 5.97 Å². The normalized spacial score (nSPS) is 19.2. The number of aromatic carboxylic acids is 1. The fourth-order valence-electron chi connectivity index (χ4n) is 3.04. The Morgan fingerprint density at radius 3 is 2.57 bits per heavy atom. The summed E-state index contributed by atoms with van der Waals surface area (Å²) in [5, 5.41) is 9.31. The first-order valence-electron chi connectivity index (χ1n) is 7.99. The number of aromatic nitrogens is 1. The average Bonchev–Trinajstić information content (AvgIpc) is 2.71. The maximum Gasteiger partial charge on any atom is 0.337 e. The van der Waals surface area contributed by atoms with E-state index in [-0.39, 0.29) is 17.4 Å². The first-order valence-corrected chi connectivity index (χ1v) is 8.36. The predicted octanol–water partition coefficient (Wildman–Crippen LogP) is 2.27. The van der Waals surface area contributed by atoms with Gasteiger partial charge in [0.05, 0.1) is 10.6 Å². The van der Waals surface area contributed by atoms with Gasteiger partial charge in [-0.3, -0.25) is 4.79 Å². The molecule has 23 heavy (non-hydrogen) atoms. The summed E-state index contributed by atoms with van der Waals surface area (Å²) in [6.45, 7) is 2.84. The van der Waals surface area contributed by atoms with Crippen molar-refractivity contribution in [3.05, 3.63) is 22.8 Å². The minimum atomic E-state index is -1.04. The third kappa shape index (κ3) is 3.42. The average molecular weight is 338 g/mol. The van der Waals surface area contributed by atoms with Gasteiger partial charge in [0.2, 0.25) is 5.91 Å². The summed E-state index contributed by atoms with van der Waals surface area (Å²) >= 11 is 6.19. The van der Waals surface area contributed by atoms with Gasteiger partial charge >= 0.3 is 5.97 Å². The Balaban J connectivity index is 1.68. The van der Waals surface area contributed by atoms with Crippen molar-refractivity contribution >= 4 is 29.3 Å². The molecule has 0 atom stereocenters. The number of carbonyl (C=O) groups excluding carboxylic acids is 1. The molecule has 7 heteroatoms. The number of anilines is 1. The zero-order valence-electron chi connectivity index (χ0n) is 12.9. The van der Waals surface area contributed by atoms with Crippen molar-refractivity contribution in [2.24, 2.45) is 5.92 Å². The molecule has 1 aliphatic heterocycles. The Morgan fingerprint density at radius 2 is 1.96 bits per heavy atom. The van der Waals surface area contributed by atoms with E-state index in [4.69, 9.17) is 16.7 Å². The van der Waals surface area contributed by atoms with Gasteiger partial charge < -0.3 is 14.9 Å². The van der Waals surface area contributed by atoms with Crippen molar-refractivity contribution in [2.75, 3.05) is 31.1 Å². The Bertz CT molecular complexity index is 619. The number of halogens is 1. The molecule has 0 radical (unpaired) electrons. The molecule has 1 saturated heterocycles. The highest BCUT2D eigenvalue weighted by Crippen LogP contribution is 2.29. The van der Waals surface area contributed by atoms with Crippen LogP contribution in [0.2, 0.25) is 5.02 Å². The highest BCUT2D eigenvalue weighted by Gasteiger charge is 2.30. The van der Waals surface area contributed by atoms with E-state index in [2.05, 4.69) is 4.98 Å². The molecule has 2 fully saturated rings. The lowest BCUT2D eigenvalue weighted by Gasteiger charge is -2.31. The van der Waals surface area contributed by atoms with Gasteiger partial charge in [0.1, 0.15) is 5.82 Å². The molecule has 1 N–H and O–H groups in total. The van der Waals surface area contributed by atoms with E-state index in [1.165, 1.54) is 12.3 Å². The Hall–Kier alpha value is -1.82. The molecule has 2 heterocycles. The highest BCUT2D eigenvalue weighted by atomic mass is 35.5. The Kier molecular flexibility index (Phi) is 4.71. The Morgan fingerprint density at radius 1 is 1.17 bits per heavy atom. The van der Waals surface area contributed by atoms with Crippen molar-refractivity contribution in [1.29, 1.82) is 0 Å². The molecule has 2 aliphatic rings. The lowest BCUT2D eigenvalue weighted by molar-refractivity contribution is -0.137. The number of pyridine rings is 1. The molecule has 124 valence electrons. The van der Waals surface area contributed by atoms with Crippen molar-refractivity contribution in [3.8, 4) is 0 Å². The molecule has 3 rings (SSSR count). The Labute approximate surface area is 140 Å². The standard InChI is InChI=1S/C16H20ClN3O3/c17-13-9-12(16(22)23)10-18-14(13)19-5-2-6-20(8-7-19)15(21)11-3-1-4-11/h9-11H,1-8H2,(H,22,23). The number of rotatable bonds is 3. The molecular weight excluding hydrogens is 318 g/mol. The van der Waals surface area contributed by atoms with Gasteiger partial charge in [-0.05, 0) is 25.3 Å². The summed E-state index contributed by atoms with van der Waals surface area (Å²) in [6.07, 6.45) is 5.38. The fourth-order valence-corrected chi connectivity index (χ4v) is 3.33. The number of nitrogens with zero attached hydrogens (tertiary/aromatic N) is 3. The minimum Gasteiger partial charge on any atom is -0.478 e. The lowest BCUT2D eigenvalue weighted by Crippen LogP contribution is -2.41. The second-order valence-electron chi connectivity index (χ2n) is 6.13. The third-order valence-electron chi connectivity index (χ3n) is 4.63. The fraction of sp³-hybridized carbons (Fsp3) is 0.562. The predicted molar refractivity (Wildman–Crippen MR) is 87.0 cm³/mol. The van der Waals surface area contributed by atoms with Crippen LogP contribution < -0.4 is 4.90 Å². The van der Waals surface area contributed by atoms with Crippen LogP contribution in [0.5, 0.6) is 0 Å². The molecule has 1 aliphatic carbocycles. The van der Waals surface area contributed by atoms with Crippen LogP contribution in [0.1, 0.15) is 36.0 Å². The van der Waals surface area contributed by atoms with Crippen LogP contribution in [0.4, 0.5) is 5.82 Å². The second kappa shape index (κ2) is 6.74. The van der Waals surface area contributed by atoms with E-state index in [1.807, 2.05) is 9.80 Å². The molecule has 0 aromatic carbocycles. The topological polar surface area (TPSA) is 73.7 Å². The summed E-state index contributed by atoms with van der Waals surface area (Å²) in [5.74, 6) is 0.0465. The molecular formula is C16H20ClN3O3. The molecule has 6 nitrogen and oxygen atoms in total. The summed E-state index contributed by atoms with van der Waals surface area (Å²) in [5.41, 5.74) is 0.0790. The number of hydrogen-bond acceptors (Lipinski definition) is 4. The van der Waals surface area contributed by atoms with Gasteiger partial charge in [0, 0.05) is 38.3 Å². The first kappa shape index (κ1) is 16.1. The van der Waals surface area contributed by atoms with Crippen LogP contribution in [-0.4, -0.2) is 53.0 Å². The smallest absolute Gasteiger partial charge is 0.337 e. The van der Waals surface area contributed by atoms with Gasteiger partial charge in [-0.25, -0.2) is 9.78 Å². The van der Waals surface area contributed by atoms with Gasteiger partial charge in [0.25, 0.3) is 0 Å². The maximum absolute atomic E-state index is 12.4. The summed E-state index contributed by atoms with van der Waals surface area (Å²) in [4.78, 5) is 31.5. The van der Waals surface area contributed by atoms with Crippen molar-refractivity contribution in [3.63, 3.8) is 0 Å². The first-order chi connectivity index (χ1) is 11.1. The third-order valence-corrected chi connectivity index (χ3v) is 4.91. The second-order valence-corrected chi connectivity index (χ2v) is 6.54.